The van der Waals surface area contributed by atoms with Crippen LogP contribution in [0.3, 0.4) is 0 Å². The summed E-state index contributed by atoms with van der Waals surface area (Å²) < 4.78 is 7.52. The van der Waals surface area contributed by atoms with Gasteiger partial charge in [-0.2, -0.15) is 0 Å². The van der Waals surface area contributed by atoms with Gasteiger partial charge in [0.15, 0.2) is 0 Å². The molecule has 4 rings (SSSR count). The fraction of sp³-hybridized carbons (Fsp3) is 0.240. The van der Waals surface area contributed by atoms with Gasteiger partial charge in [-0.15, -0.1) is 0 Å². The number of carbonyl (C=O) groups excluding carboxylic acids is 3. The Morgan fingerprint density at radius 2 is 1.85 bits per heavy atom. The minimum Gasteiger partial charge on any atom is -0.494 e. The Bertz CT molecular complexity index is 1240. The summed E-state index contributed by atoms with van der Waals surface area (Å²) in [6.45, 7) is 6.28. The Balaban J connectivity index is 1.49. The molecule has 3 amide bonds. The maximum absolute atomic E-state index is 12.9. The van der Waals surface area contributed by atoms with Gasteiger partial charge in [-0.3, -0.25) is 19.3 Å². The van der Waals surface area contributed by atoms with Gasteiger partial charge < -0.3 is 14.6 Å². The molecule has 3 aromatic rings. The topological polar surface area (TPSA) is 80.6 Å². The highest BCUT2D eigenvalue weighted by Gasteiger charge is 2.36. The molecule has 33 heavy (non-hydrogen) atoms. The van der Waals surface area contributed by atoms with Gasteiger partial charge in [0.05, 0.1) is 11.5 Å². The molecule has 0 saturated carbocycles. The molecule has 0 unspecified atom stereocenters. The van der Waals surface area contributed by atoms with E-state index in [0.29, 0.717) is 22.9 Å². The number of hydrogen-bond acceptors (Lipinski definition) is 5. The Kier molecular flexibility index (Phi) is 6.55. The van der Waals surface area contributed by atoms with Crippen molar-refractivity contribution in [2.24, 2.45) is 0 Å². The number of carbonyl (C=O) groups is 3. The second-order valence-corrected chi connectivity index (χ2v) is 8.87. The normalized spacial score (nSPS) is 15.2. The van der Waals surface area contributed by atoms with Gasteiger partial charge >= 0.3 is 0 Å². The molecule has 1 fully saturated rings. The summed E-state index contributed by atoms with van der Waals surface area (Å²) in [7, 11) is 0. The molecule has 7 nitrogen and oxygen atoms in total. The van der Waals surface area contributed by atoms with Gasteiger partial charge in [-0.25, -0.2) is 0 Å². The first-order valence-corrected chi connectivity index (χ1v) is 11.6. The molecule has 1 aromatic heterocycles. The summed E-state index contributed by atoms with van der Waals surface area (Å²) >= 11 is 0.851. The molecule has 1 aliphatic rings. The van der Waals surface area contributed by atoms with Gasteiger partial charge in [0.2, 0.25) is 5.91 Å². The number of anilines is 1. The maximum atomic E-state index is 12.9. The second-order valence-electron chi connectivity index (χ2n) is 7.88. The standard InChI is InChI=1S/C25H25N3O4S/c1-4-32-19-11-9-18(10-12-19)26-23(29)15-28-24(30)22(33-25(28)31)13-17-14-27(16(2)3)21-8-6-5-7-20(17)21/h5-14,16H,4,15H2,1-3H3,(H,26,29). The van der Waals surface area contributed by atoms with Crippen LogP contribution in [0, 0.1) is 0 Å². The van der Waals surface area contributed by atoms with Gasteiger partial charge in [-0.05, 0) is 68.9 Å². The van der Waals surface area contributed by atoms with Gasteiger partial charge in [0.25, 0.3) is 11.1 Å². The summed E-state index contributed by atoms with van der Waals surface area (Å²) in [6.07, 6.45) is 3.72. The van der Waals surface area contributed by atoms with Crippen molar-refractivity contribution in [2.75, 3.05) is 18.5 Å². The molecule has 0 aliphatic carbocycles. The molecular formula is C25H25N3O4S. The van der Waals surface area contributed by atoms with Crippen molar-refractivity contribution in [1.82, 2.24) is 9.47 Å². The number of imide groups is 1. The first-order chi connectivity index (χ1) is 15.9. The highest BCUT2D eigenvalue weighted by atomic mass is 32.2. The number of thioether (sulfide) groups is 1. The molecule has 170 valence electrons. The van der Waals surface area contributed by atoms with E-state index in [1.54, 1.807) is 30.3 Å². The number of amides is 3. The number of hydrogen-bond donors (Lipinski definition) is 1. The number of benzene rings is 2. The fourth-order valence-electron chi connectivity index (χ4n) is 3.70. The Morgan fingerprint density at radius 1 is 1.12 bits per heavy atom. The number of ether oxygens (including phenoxy) is 1. The highest BCUT2D eigenvalue weighted by molar-refractivity contribution is 8.18. The summed E-state index contributed by atoms with van der Waals surface area (Å²) in [5.74, 6) is -0.210. The van der Waals surface area contributed by atoms with E-state index in [1.165, 1.54) is 0 Å². The molecule has 1 aliphatic heterocycles. The smallest absolute Gasteiger partial charge is 0.294 e. The molecule has 0 spiro atoms. The molecule has 0 radical (unpaired) electrons. The molecule has 8 heteroatoms. The largest absolute Gasteiger partial charge is 0.494 e. The zero-order valence-corrected chi connectivity index (χ0v) is 19.5. The van der Waals surface area contributed by atoms with E-state index in [2.05, 4.69) is 23.7 Å². The van der Waals surface area contributed by atoms with E-state index < -0.39 is 17.1 Å². The third kappa shape index (κ3) is 4.80. The molecule has 0 atom stereocenters. The Hall–Kier alpha value is -3.52. The van der Waals surface area contributed by atoms with Gasteiger partial charge in [0.1, 0.15) is 12.3 Å². The van der Waals surface area contributed by atoms with Crippen LogP contribution in [0.5, 0.6) is 5.75 Å². The van der Waals surface area contributed by atoms with E-state index in [1.807, 2.05) is 37.4 Å². The minimum atomic E-state index is -0.465. The fourth-order valence-corrected chi connectivity index (χ4v) is 4.53. The van der Waals surface area contributed by atoms with Gasteiger partial charge in [0, 0.05) is 34.4 Å². The third-order valence-corrected chi connectivity index (χ3v) is 6.15. The van der Waals surface area contributed by atoms with Crippen LogP contribution in [0.25, 0.3) is 17.0 Å². The Labute approximate surface area is 196 Å². The van der Waals surface area contributed by atoms with Crippen LogP contribution in [0.15, 0.2) is 59.6 Å². The van der Waals surface area contributed by atoms with Crippen molar-refractivity contribution in [3.63, 3.8) is 0 Å². The third-order valence-electron chi connectivity index (χ3n) is 5.24. The van der Waals surface area contributed by atoms with E-state index in [-0.39, 0.29) is 12.6 Å². The zero-order chi connectivity index (χ0) is 23.5. The van der Waals surface area contributed by atoms with Crippen LogP contribution in [-0.2, 0) is 9.59 Å². The lowest BCUT2D eigenvalue weighted by molar-refractivity contribution is -0.127. The van der Waals surface area contributed by atoms with Crippen molar-refractivity contribution >= 4 is 51.5 Å². The SMILES string of the molecule is CCOc1ccc(NC(=O)CN2C(=O)SC(=Cc3cn(C(C)C)c4ccccc34)C2=O)cc1. The maximum Gasteiger partial charge on any atom is 0.294 e. The number of nitrogens with zero attached hydrogens (tertiary/aromatic N) is 2. The summed E-state index contributed by atoms with van der Waals surface area (Å²) in [5, 5.41) is 3.26. The van der Waals surface area contributed by atoms with Crippen LogP contribution < -0.4 is 10.1 Å². The van der Waals surface area contributed by atoms with Crippen LogP contribution >= 0.6 is 11.8 Å². The minimum absolute atomic E-state index is 0.249. The zero-order valence-electron chi connectivity index (χ0n) is 18.7. The summed E-state index contributed by atoms with van der Waals surface area (Å²) in [5.41, 5.74) is 2.49. The van der Waals surface area contributed by atoms with Crippen LogP contribution in [0.2, 0.25) is 0 Å². The number of fused-ring (bicyclic) bond motifs is 1. The van der Waals surface area contributed by atoms with Gasteiger partial charge in [-0.1, -0.05) is 18.2 Å². The number of rotatable bonds is 7. The lowest BCUT2D eigenvalue weighted by Crippen LogP contribution is -2.36. The molecule has 1 saturated heterocycles. The lowest BCUT2D eigenvalue weighted by atomic mass is 10.1. The van der Waals surface area contributed by atoms with Crippen molar-refractivity contribution in [2.45, 2.75) is 26.8 Å². The summed E-state index contributed by atoms with van der Waals surface area (Å²) in [4.78, 5) is 39.2. The van der Waals surface area contributed by atoms with Crippen molar-refractivity contribution in [1.29, 1.82) is 0 Å². The molecule has 1 N–H and O–H groups in total. The van der Waals surface area contributed by atoms with Crippen LogP contribution in [0.4, 0.5) is 10.5 Å². The van der Waals surface area contributed by atoms with E-state index in [0.717, 1.165) is 33.1 Å². The first-order valence-electron chi connectivity index (χ1n) is 10.7. The monoisotopic (exact) mass is 463 g/mol. The first kappa shape index (κ1) is 22.7. The lowest BCUT2D eigenvalue weighted by Gasteiger charge is -2.12. The number of nitrogens with one attached hydrogen (secondary N) is 1. The van der Waals surface area contributed by atoms with Crippen molar-refractivity contribution in [3.8, 4) is 5.75 Å². The quantitative estimate of drug-likeness (QED) is 0.481. The highest BCUT2D eigenvalue weighted by Crippen LogP contribution is 2.34. The van der Waals surface area contributed by atoms with Crippen molar-refractivity contribution < 1.29 is 19.1 Å². The molecule has 2 heterocycles. The number of aromatic nitrogens is 1. The van der Waals surface area contributed by atoms with E-state index >= 15 is 0 Å². The predicted molar refractivity (Wildman–Crippen MR) is 131 cm³/mol. The van der Waals surface area contributed by atoms with Crippen LogP contribution in [0.1, 0.15) is 32.4 Å². The predicted octanol–water partition coefficient (Wildman–Crippen LogP) is 5.30. The second kappa shape index (κ2) is 9.54. The average molecular weight is 464 g/mol. The van der Waals surface area contributed by atoms with Crippen molar-refractivity contribution in [3.05, 3.63) is 65.2 Å². The van der Waals surface area contributed by atoms with Crippen LogP contribution in [-0.4, -0.2) is 39.7 Å². The van der Waals surface area contributed by atoms with E-state index in [9.17, 15) is 14.4 Å². The molecule has 0 bridgehead atoms. The van der Waals surface area contributed by atoms with E-state index in [4.69, 9.17) is 4.74 Å². The average Bonchev–Trinajstić information content (AvgIpc) is 3.28. The summed E-state index contributed by atoms with van der Waals surface area (Å²) in [6, 6.07) is 15.1. The Morgan fingerprint density at radius 3 is 2.55 bits per heavy atom. The molecule has 2 aromatic carbocycles. The number of para-hydroxylation sites is 1. The molecular weight excluding hydrogens is 438 g/mol.